The van der Waals surface area contributed by atoms with Gasteiger partial charge in [-0.05, 0) is 31.0 Å². The normalized spacial score (nSPS) is 34.5. The standard InChI is InChI=1S/C48H74N4O25S.Na/c1-5-6-7-8-9-10-11-12-13-17-67-27-16-14-15-26(18-27)44(64)52-33-37(60)36(59)28(19-53)70-46(33)73-41-29(20-54)71-47(34(39(41)62)50-24(3)57)74-42-30(21-55)72-48(35(40(42)63)51-25(4)58)75-43-31(22-68-78-77-76-66)69-45(65)32(38(43)61)49-23(2)56;/h14-16,18,28-43,45-48,53-55,59-63,65-66H,5-9,12-13,17,19-22H2,1-4H3,(H,49,56)(H,50,57)(H,51,58)(H,52,64);/t28?,29-,30?,31-,32?,33-,34?,35-,36+,37-,38?,39?,40-,41-,42?,43-,45?,46?,47?,48+;/m1./s1. The molecule has 0 spiro atoms. The quantitative estimate of drug-likeness (QED) is 0.00994. The molecule has 31 heteroatoms. The van der Waals surface area contributed by atoms with Crippen LogP contribution in [0.2, 0.25) is 0 Å². The Balaban J connectivity index is 0.0000134. The molecule has 0 saturated carbocycles. The Hall–Kier alpha value is -2.99. The van der Waals surface area contributed by atoms with Gasteiger partial charge >= 0.3 is 0 Å². The van der Waals surface area contributed by atoms with Gasteiger partial charge < -0.3 is 105 Å². The summed E-state index contributed by atoms with van der Waals surface area (Å²) in [5.41, 5.74) is 0.0588. The number of aliphatic hydroxyl groups excluding tert-OH is 9. The number of amides is 4. The topological polar surface area (TPSA) is 420 Å². The van der Waals surface area contributed by atoms with Crippen LogP contribution in [-0.2, 0) is 61.1 Å². The minimum absolute atomic E-state index is 0. The Bertz CT molecular complexity index is 2100. The average Bonchev–Trinajstić information content (AvgIpc) is 3.42. The largest absolute Gasteiger partial charge is 0.494 e. The molecule has 14 N–H and O–H groups in total. The third-order valence-electron chi connectivity index (χ3n) is 13.0. The molecule has 1 aromatic carbocycles. The second kappa shape index (κ2) is 34.6. The van der Waals surface area contributed by atoms with E-state index >= 15 is 0 Å². The maximum absolute atomic E-state index is 13.8. The zero-order valence-corrected chi connectivity index (χ0v) is 47.2. The van der Waals surface area contributed by atoms with Crippen molar-refractivity contribution in [3.8, 4) is 17.6 Å². The molecule has 29 nitrogen and oxygen atoms in total. The molecular weight excluding hydrogens is 1090 g/mol. The van der Waals surface area contributed by atoms with Gasteiger partial charge in [-0.3, -0.25) is 23.4 Å². The number of nitrogens with one attached hydrogen (secondary N) is 4. The fourth-order valence-electron chi connectivity index (χ4n) is 9.18. The molecule has 4 aliphatic heterocycles. The maximum Gasteiger partial charge on any atom is 0.251 e. The summed E-state index contributed by atoms with van der Waals surface area (Å²) < 4.78 is 57.1. The van der Waals surface area contributed by atoms with Crippen molar-refractivity contribution in [3.05, 3.63) is 29.8 Å². The molecule has 0 bridgehead atoms. The zero-order valence-electron chi connectivity index (χ0n) is 44.3. The molecule has 4 heterocycles. The fourth-order valence-corrected chi connectivity index (χ4v) is 9.43. The van der Waals surface area contributed by atoms with Gasteiger partial charge in [0.1, 0.15) is 103 Å². The number of unbranched alkanes of at least 4 members (excludes halogenated alkanes) is 5. The fraction of sp³-hybridized carbons (Fsp3) is 0.750. The van der Waals surface area contributed by atoms with Gasteiger partial charge in [0.2, 0.25) is 17.7 Å². The Morgan fingerprint density at radius 2 is 1.10 bits per heavy atom. The van der Waals surface area contributed by atoms with Crippen LogP contribution in [0.15, 0.2) is 24.3 Å². The Labute approximate surface area is 482 Å². The van der Waals surface area contributed by atoms with Gasteiger partial charge in [0.25, 0.3) is 5.91 Å². The first kappa shape index (κ1) is 68.5. The molecule has 1 aromatic rings. The summed E-state index contributed by atoms with van der Waals surface area (Å²) in [5.74, 6) is 3.60. The van der Waals surface area contributed by atoms with Crippen molar-refractivity contribution in [2.24, 2.45) is 0 Å². The maximum atomic E-state index is 13.8. The number of hydrogen-bond acceptors (Lipinski definition) is 26. The second-order valence-corrected chi connectivity index (χ2v) is 19.3. The molecule has 5 rings (SSSR count). The summed E-state index contributed by atoms with van der Waals surface area (Å²) >= 11 is 0.107. The van der Waals surface area contributed by atoms with Crippen molar-refractivity contribution in [2.75, 3.05) is 33.0 Å². The summed E-state index contributed by atoms with van der Waals surface area (Å²) in [6.45, 7) is 2.30. The van der Waals surface area contributed by atoms with Crippen LogP contribution in [0.25, 0.3) is 0 Å². The molecule has 4 amide bonds. The monoisotopic (exact) mass is 1160 g/mol. The number of rotatable bonds is 27. The van der Waals surface area contributed by atoms with Crippen LogP contribution < -0.4 is 26.0 Å². The van der Waals surface area contributed by atoms with Crippen molar-refractivity contribution in [1.82, 2.24) is 21.3 Å². The Morgan fingerprint density at radius 1 is 0.608 bits per heavy atom. The van der Waals surface area contributed by atoms with E-state index in [-0.39, 0.29) is 47.4 Å². The van der Waals surface area contributed by atoms with Crippen molar-refractivity contribution in [2.45, 2.75) is 195 Å². The van der Waals surface area contributed by atoms with Crippen LogP contribution in [0, 0.1) is 11.8 Å². The molecule has 443 valence electrons. The smallest absolute Gasteiger partial charge is 0.251 e. The number of carbonyl (C=O) groups excluding carboxylic acids is 4. The molecule has 4 fully saturated rings. The number of carbonyl (C=O) groups is 4. The van der Waals surface area contributed by atoms with Gasteiger partial charge in [0.15, 0.2) is 37.5 Å². The van der Waals surface area contributed by atoms with Crippen LogP contribution in [-0.4, -0.2) is 260 Å². The third kappa shape index (κ3) is 19.6. The molecule has 0 aliphatic carbocycles. The summed E-state index contributed by atoms with van der Waals surface area (Å²) in [6.07, 6.45) is -21.6. The van der Waals surface area contributed by atoms with Crippen LogP contribution in [0.3, 0.4) is 0 Å². The van der Waals surface area contributed by atoms with Crippen LogP contribution in [0.5, 0.6) is 5.75 Å². The Morgan fingerprint density at radius 3 is 1.62 bits per heavy atom. The summed E-state index contributed by atoms with van der Waals surface area (Å²) in [5, 5.41) is 122. The predicted molar refractivity (Wildman–Crippen MR) is 269 cm³/mol. The predicted octanol–water partition coefficient (Wildman–Crippen LogP) is -4.12. The molecule has 4 aliphatic rings. The van der Waals surface area contributed by atoms with E-state index in [0.29, 0.717) is 25.2 Å². The van der Waals surface area contributed by atoms with Gasteiger partial charge in [-0.2, -0.15) is 0 Å². The average molecular weight is 1160 g/mol. The first-order valence-electron chi connectivity index (χ1n) is 25.4. The van der Waals surface area contributed by atoms with Gasteiger partial charge in [0.05, 0.1) is 33.0 Å². The van der Waals surface area contributed by atoms with Gasteiger partial charge in [0, 0.05) is 68.7 Å². The first-order valence-corrected chi connectivity index (χ1v) is 26.1. The van der Waals surface area contributed by atoms with E-state index in [0.717, 1.165) is 46.5 Å². The third-order valence-corrected chi connectivity index (χ3v) is 13.3. The van der Waals surface area contributed by atoms with Crippen LogP contribution in [0.1, 0.15) is 83.0 Å². The van der Waals surface area contributed by atoms with Crippen LogP contribution in [0.4, 0.5) is 0 Å². The molecular formula is C48H74N4NaO25S. The van der Waals surface area contributed by atoms with Gasteiger partial charge in [-0.15, -0.1) is 16.2 Å². The van der Waals surface area contributed by atoms with Gasteiger partial charge in [-0.1, -0.05) is 37.3 Å². The van der Waals surface area contributed by atoms with E-state index < -0.39 is 173 Å². The SMILES string of the molecule is CCCCCCC#CCCCOc1cccc(C(=O)N[C@H]2C(O[C@H]3C(O)C(NC(C)=O)C(OC4C(CO)O[C@@H](O[C@H]5C(O)C(NC(C)=O)C(O)O[C@@H]5COSOOO)[C@H](NC(C)=O)[C@H]4O)O[C@@H]3CO)OC(CO)[C@H](O)[C@@H]2O)c1.[Na]. The van der Waals surface area contributed by atoms with Crippen LogP contribution >= 0.6 is 12.3 Å². The first-order chi connectivity index (χ1) is 37.4. The molecule has 20 atom stereocenters. The van der Waals surface area contributed by atoms with E-state index in [1.54, 1.807) is 12.1 Å². The minimum Gasteiger partial charge on any atom is -0.494 e. The molecule has 4 saturated heterocycles. The number of hydrogen-bond donors (Lipinski definition) is 14. The van der Waals surface area contributed by atoms with E-state index in [9.17, 15) is 65.1 Å². The van der Waals surface area contributed by atoms with Crippen molar-refractivity contribution >= 4 is 65.5 Å². The van der Waals surface area contributed by atoms with Crippen molar-refractivity contribution < 1.29 is 122 Å². The summed E-state index contributed by atoms with van der Waals surface area (Å²) in [7, 11) is 0. The number of ether oxygens (including phenoxy) is 8. The van der Waals surface area contributed by atoms with E-state index in [1.165, 1.54) is 18.6 Å². The summed E-state index contributed by atoms with van der Waals surface area (Å²) in [4.78, 5) is 51.2. The molecule has 0 aromatic heterocycles. The second-order valence-electron chi connectivity index (χ2n) is 18.8. The summed E-state index contributed by atoms with van der Waals surface area (Å²) in [6, 6.07) is -0.421. The van der Waals surface area contributed by atoms with Crippen molar-refractivity contribution in [1.29, 1.82) is 0 Å². The number of benzene rings is 1. The van der Waals surface area contributed by atoms with Crippen molar-refractivity contribution in [3.63, 3.8) is 0 Å². The molecule has 79 heavy (non-hydrogen) atoms. The molecule has 1 radical (unpaired) electrons. The molecule has 10 unspecified atom stereocenters. The van der Waals surface area contributed by atoms with E-state index in [2.05, 4.69) is 49.4 Å². The number of aliphatic hydroxyl groups is 9. The van der Waals surface area contributed by atoms with E-state index in [4.69, 9.17) is 47.3 Å². The minimum atomic E-state index is -1.96. The zero-order chi connectivity index (χ0) is 57.1. The van der Waals surface area contributed by atoms with E-state index in [1.807, 2.05) is 0 Å². The Kier molecular flexibility index (Phi) is 30.0. The van der Waals surface area contributed by atoms with Gasteiger partial charge in [-0.25, -0.2) is 5.26 Å².